The molecule has 13 nitrogen and oxygen atoms in total. The van der Waals surface area contributed by atoms with Gasteiger partial charge >= 0.3 is 5.97 Å². The first-order chi connectivity index (χ1) is 17.2. The molecule has 4 rings (SSSR count). The molecule has 0 spiro atoms. The van der Waals surface area contributed by atoms with Gasteiger partial charge in [0.1, 0.15) is 28.9 Å². The van der Waals surface area contributed by atoms with Crippen molar-refractivity contribution in [1.82, 2.24) is 4.90 Å². The predicted octanol–water partition coefficient (Wildman–Crippen LogP) is -1.03. The zero-order valence-corrected chi connectivity index (χ0v) is 20.1. The van der Waals surface area contributed by atoms with Gasteiger partial charge in [0.2, 0.25) is 5.78 Å². The highest BCUT2D eigenvalue weighted by Gasteiger charge is 2.70. The van der Waals surface area contributed by atoms with Gasteiger partial charge in [-0.15, -0.1) is 0 Å². The number of esters is 1. The minimum Gasteiger partial charge on any atom is -0.508 e. The van der Waals surface area contributed by atoms with Gasteiger partial charge in [0.05, 0.1) is 40.8 Å². The smallest absolute Gasteiger partial charge is 0.305 e. The number of carbonyl (C=O) groups excluding carboxylic acids is 4. The normalized spacial score (nSPS) is 31.1. The first-order valence-corrected chi connectivity index (χ1v) is 11.3. The maximum Gasteiger partial charge on any atom is 0.305 e. The van der Waals surface area contributed by atoms with E-state index in [-0.39, 0.29) is 17.7 Å². The third kappa shape index (κ3) is 3.35. The molecule has 0 radical (unpaired) electrons. The summed E-state index contributed by atoms with van der Waals surface area (Å²) in [5.74, 6) is -10.9. The highest BCUT2D eigenvalue weighted by Crippen LogP contribution is 2.56. The second-order valence-electron chi connectivity index (χ2n) is 9.49. The number of nitrogens with two attached hydrogens (primary N) is 2. The van der Waals surface area contributed by atoms with E-state index < -0.39 is 93.1 Å². The molecular weight excluding hydrogens is 490 g/mol. The number of aliphatic hydroxyl groups excluding tert-OH is 3. The molecule has 1 aromatic rings. The number of Topliss-reactive ketones (excluding diaryl/α,β-unsaturated/α-hetero) is 2. The number of hydrogen-bond donors (Lipinski definition) is 7. The summed E-state index contributed by atoms with van der Waals surface area (Å²) in [5, 5.41) is 55.8. The predicted molar refractivity (Wildman–Crippen MR) is 125 cm³/mol. The van der Waals surface area contributed by atoms with Crippen molar-refractivity contribution in [3.63, 3.8) is 0 Å². The van der Waals surface area contributed by atoms with Crippen LogP contribution in [-0.4, -0.2) is 85.7 Å². The fourth-order valence-electron chi connectivity index (χ4n) is 5.65. The van der Waals surface area contributed by atoms with Crippen LogP contribution in [0.15, 0.2) is 29.0 Å². The molecule has 1 saturated carbocycles. The topological polar surface area (TPSA) is 234 Å². The fourth-order valence-corrected chi connectivity index (χ4v) is 5.65. The Hall–Kier alpha value is -3.94. The third-order valence-electron chi connectivity index (χ3n) is 7.32. The number of amides is 1. The van der Waals surface area contributed by atoms with Crippen LogP contribution in [0.2, 0.25) is 0 Å². The number of anilines is 1. The van der Waals surface area contributed by atoms with Gasteiger partial charge in [0.15, 0.2) is 11.4 Å². The van der Waals surface area contributed by atoms with Crippen LogP contribution < -0.4 is 11.5 Å². The lowest BCUT2D eigenvalue weighted by atomic mass is 9.55. The number of carbonyl (C=O) groups is 4. The molecule has 6 unspecified atom stereocenters. The molecule has 0 aromatic heterocycles. The minimum absolute atomic E-state index is 0.0603. The van der Waals surface area contributed by atoms with Crippen LogP contribution >= 0.6 is 0 Å². The monoisotopic (exact) mass is 517 g/mol. The summed E-state index contributed by atoms with van der Waals surface area (Å²) in [7, 11) is 2.78. The zero-order chi connectivity index (χ0) is 27.7. The Kier molecular flexibility index (Phi) is 6.06. The molecule has 198 valence electrons. The van der Waals surface area contributed by atoms with Crippen LogP contribution in [0.3, 0.4) is 0 Å². The van der Waals surface area contributed by atoms with Gasteiger partial charge in [-0.05, 0) is 25.7 Å². The standard InChI is InChI=1S/C24H27N3O10/c1-4-9(28)37-20-11-12(18(31)10-7(16(11)29)5-6-8(25)17(10)30)21(33)24(36)14(20)15(27(2)3)19(32)13(22(24)34)23(26)35/h5-6,11,14-16,20,29-31,34,36H,4,25H2,1-3H3,(H2,26,35). The van der Waals surface area contributed by atoms with E-state index in [9.17, 15) is 44.7 Å². The minimum atomic E-state index is -3.08. The molecule has 1 amide bonds. The molecule has 1 fully saturated rings. The summed E-state index contributed by atoms with van der Waals surface area (Å²) >= 11 is 0. The molecule has 1 aromatic carbocycles. The van der Waals surface area contributed by atoms with Gasteiger partial charge in [-0.25, -0.2) is 0 Å². The van der Waals surface area contributed by atoms with E-state index in [0.29, 0.717) is 0 Å². The highest BCUT2D eigenvalue weighted by atomic mass is 16.5. The number of hydrogen-bond acceptors (Lipinski definition) is 12. The summed E-state index contributed by atoms with van der Waals surface area (Å²) in [4.78, 5) is 53.1. The number of fused-ring (bicyclic) bond motifs is 3. The number of nitrogen functional groups attached to an aromatic ring is 1. The maximum atomic E-state index is 13.9. The lowest BCUT2D eigenvalue weighted by Gasteiger charge is -2.54. The SMILES string of the molecule is CCC(=O)OC1C2C(=C(O)c3c(ccc(N)c3O)C2O)C(=O)C2(O)C(O)=C(C(N)=O)C(=O)C(N(C)C)C12. The van der Waals surface area contributed by atoms with E-state index in [4.69, 9.17) is 16.2 Å². The molecule has 6 atom stereocenters. The molecule has 3 aliphatic rings. The van der Waals surface area contributed by atoms with Crippen LogP contribution in [0, 0.1) is 11.8 Å². The number of nitrogens with zero attached hydrogens (tertiary/aromatic N) is 1. The Balaban J connectivity index is 2.12. The van der Waals surface area contributed by atoms with E-state index in [0.717, 1.165) is 0 Å². The second kappa shape index (κ2) is 8.57. The van der Waals surface area contributed by atoms with Gasteiger partial charge in [0.25, 0.3) is 5.91 Å². The summed E-state index contributed by atoms with van der Waals surface area (Å²) in [6.07, 6.45) is -3.55. The highest BCUT2D eigenvalue weighted by molar-refractivity contribution is 6.24. The van der Waals surface area contributed by atoms with Gasteiger partial charge < -0.3 is 41.7 Å². The van der Waals surface area contributed by atoms with E-state index in [1.807, 2.05) is 0 Å². The Bertz CT molecular complexity index is 1320. The largest absolute Gasteiger partial charge is 0.508 e. The quantitative estimate of drug-likeness (QED) is 0.110. The van der Waals surface area contributed by atoms with Gasteiger partial charge in [0, 0.05) is 6.42 Å². The van der Waals surface area contributed by atoms with Crippen LogP contribution in [0.1, 0.15) is 30.6 Å². The van der Waals surface area contributed by atoms with E-state index in [1.165, 1.54) is 38.1 Å². The van der Waals surface area contributed by atoms with Gasteiger partial charge in [-0.1, -0.05) is 13.0 Å². The van der Waals surface area contributed by atoms with E-state index in [1.54, 1.807) is 0 Å². The molecule has 9 N–H and O–H groups in total. The van der Waals surface area contributed by atoms with Crippen molar-refractivity contribution in [1.29, 1.82) is 0 Å². The van der Waals surface area contributed by atoms with Gasteiger partial charge in [-0.3, -0.25) is 24.1 Å². The third-order valence-corrected chi connectivity index (χ3v) is 7.32. The maximum absolute atomic E-state index is 13.9. The van der Waals surface area contributed by atoms with Crippen LogP contribution in [-0.2, 0) is 23.9 Å². The Morgan fingerprint density at radius 2 is 1.78 bits per heavy atom. The molecule has 0 saturated heterocycles. The first-order valence-electron chi connectivity index (χ1n) is 11.3. The molecule has 0 aliphatic heterocycles. The van der Waals surface area contributed by atoms with Crippen molar-refractivity contribution in [2.24, 2.45) is 17.6 Å². The molecule has 0 bridgehead atoms. The number of likely N-dealkylation sites (N-methyl/N-ethyl adjacent to an activating group) is 1. The number of rotatable bonds is 4. The Labute approximate surface area is 210 Å². The fraction of sp³-hybridized carbons (Fsp3) is 0.417. The number of primary amides is 1. The lowest BCUT2D eigenvalue weighted by molar-refractivity contribution is -0.189. The summed E-state index contributed by atoms with van der Waals surface area (Å²) < 4.78 is 5.58. The van der Waals surface area contributed by atoms with E-state index in [2.05, 4.69) is 0 Å². The lowest BCUT2D eigenvalue weighted by Crippen LogP contribution is -2.71. The molecular formula is C24H27N3O10. The average molecular weight is 517 g/mol. The van der Waals surface area contributed by atoms with Crippen molar-refractivity contribution >= 4 is 34.9 Å². The Morgan fingerprint density at radius 3 is 2.32 bits per heavy atom. The van der Waals surface area contributed by atoms with E-state index >= 15 is 0 Å². The van der Waals surface area contributed by atoms with Crippen molar-refractivity contribution in [2.45, 2.75) is 37.2 Å². The molecule has 3 aliphatic carbocycles. The first kappa shape index (κ1) is 26.1. The summed E-state index contributed by atoms with van der Waals surface area (Å²) in [6, 6.07) is 1.02. The molecule has 37 heavy (non-hydrogen) atoms. The van der Waals surface area contributed by atoms with Crippen molar-refractivity contribution < 1.29 is 49.4 Å². The van der Waals surface area contributed by atoms with Crippen LogP contribution in [0.25, 0.3) is 5.76 Å². The summed E-state index contributed by atoms with van der Waals surface area (Å²) in [6.45, 7) is 1.46. The zero-order valence-electron chi connectivity index (χ0n) is 20.1. The van der Waals surface area contributed by atoms with Crippen LogP contribution in [0.5, 0.6) is 5.75 Å². The number of phenols is 1. The molecule has 13 heteroatoms. The number of aromatic hydroxyl groups is 1. The number of benzene rings is 1. The van der Waals surface area contributed by atoms with Crippen molar-refractivity contribution in [3.8, 4) is 5.75 Å². The van der Waals surface area contributed by atoms with Crippen LogP contribution in [0.4, 0.5) is 5.69 Å². The second-order valence-corrected chi connectivity index (χ2v) is 9.49. The van der Waals surface area contributed by atoms with Gasteiger partial charge in [-0.2, -0.15) is 0 Å². The number of ether oxygens (including phenoxy) is 1. The summed E-state index contributed by atoms with van der Waals surface area (Å²) in [5.41, 5.74) is 5.56. The van der Waals surface area contributed by atoms with Crippen molar-refractivity contribution in [2.75, 3.05) is 19.8 Å². The number of ketones is 2. The number of aliphatic hydroxyl groups is 4. The average Bonchev–Trinajstić information content (AvgIpc) is 2.82. The molecule has 0 heterocycles. The Morgan fingerprint density at radius 1 is 1.16 bits per heavy atom. The number of phenolic OH excluding ortho intramolecular Hbond substituents is 1. The van der Waals surface area contributed by atoms with Crippen molar-refractivity contribution in [3.05, 3.63) is 40.2 Å².